The van der Waals surface area contributed by atoms with Crippen molar-refractivity contribution in [1.82, 2.24) is 25.9 Å². The van der Waals surface area contributed by atoms with Crippen molar-refractivity contribution in [2.45, 2.75) is 90.3 Å². The highest BCUT2D eigenvalue weighted by Gasteiger charge is 2.26. The standard InChI is InChI=1S/C21H34BrN5O2/c1-20(2,3)19-24-11-15(22)17(26-19)18(29)23-12-16(28)25-13-7-9-14(10-8-13)27-21(4,5)6/h11,13-14,27H,7-10,12H2,1-6H3,(H,23,29)(H,25,28). The predicted molar refractivity (Wildman–Crippen MR) is 118 cm³/mol. The lowest BCUT2D eigenvalue weighted by Gasteiger charge is -2.34. The van der Waals surface area contributed by atoms with Crippen molar-refractivity contribution in [1.29, 1.82) is 0 Å². The smallest absolute Gasteiger partial charge is 0.271 e. The maximum atomic E-state index is 12.5. The molecule has 3 N–H and O–H groups in total. The van der Waals surface area contributed by atoms with Crippen molar-refractivity contribution in [2.24, 2.45) is 0 Å². The number of aromatic nitrogens is 2. The van der Waals surface area contributed by atoms with Gasteiger partial charge in [-0.05, 0) is 62.4 Å². The number of nitrogens with one attached hydrogen (secondary N) is 3. The summed E-state index contributed by atoms with van der Waals surface area (Å²) in [5.41, 5.74) is 0.0764. The van der Waals surface area contributed by atoms with E-state index in [-0.39, 0.29) is 35.1 Å². The zero-order valence-electron chi connectivity index (χ0n) is 18.4. The van der Waals surface area contributed by atoms with Crippen molar-refractivity contribution in [3.05, 3.63) is 22.2 Å². The van der Waals surface area contributed by atoms with Crippen LogP contribution in [0, 0.1) is 0 Å². The van der Waals surface area contributed by atoms with E-state index in [1.165, 1.54) is 0 Å². The summed E-state index contributed by atoms with van der Waals surface area (Å²) >= 11 is 3.32. The Kier molecular flexibility index (Phi) is 7.79. The van der Waals surface area contributed by atoms with Crippen LogP contribution in [0.2, 0.25) is 0 Å². The fourth-order valence-corrected chi connectivity index (χ4v) is 3.78. The lowest BCUT2D eigenvalue weighted by atomic mass is 9.89. The van der Waals surface area contributed by atoms with Crippen LogP contribution < -0.4 is 16.0 Å². The van der Waals surface area contributed by atoms with Crippen LogP contribution in [0.3, 0.4) is 0 Å². The van der Waals surface area contributed by atoms with Crippen molar-refractivity contribution in [2.75, 3.05) is 6.54 Å². The molecule has 29 heavy (non-hydrogen) atoms. The van der Waals surface area contributed by atoms with E-state index in [1.54, 1.807) is 6.20 Å². The first-order valence-corrected chi connectivity index (χ1v) is 11.0. The van der Waals surface area contributed by atoms with Gasteiger partial charge in [-0.25, -0.2) is 9.97 Å². The summed E-state index contributed by atoms with van der Waals surface area (Å²) in [5.74, 6) is 0.0146. The van der Waals surface area contributed by atoms with Gasteiger partial charge in [-0.15, -0.1) is 0 Å². The highest BCUT2D eigenvalue weighted by atomic mass is 79.9. The van der Waals surface area contributed by atoms with Gasteiger partial charge in [-0.3, -0.25) is 9.59 Å². The Labute approximate surface area is 182 Å². The quantitative estimate of drug-likeness (QED) is 0.618. The fourth-order valence-electron chi connectivity index (χ4n) is 3.41. The number of carbonyl (C=O) groups excluding carboxylic acids is 2. The second-order valence-electron chi connectivity index (χ2n) is 9.83. The molecule has 0 atom stereocenters. The van der Waals surface area contributed by atoms with Crippen molar-refractivity contribution in [3.8, 4) is 0 Å². The molecule has 0 saturated heterocycles. The first-order valence-electron chi connectivity index (χ1n) is 10.2. The summed E-state index contributed by atoms with van der Waals surface area (Å²) in [7, 11) is 0. The Bertz CT molecular complexity index is 732. The minimum absolute atomic E-state index is 0.0691. The Morgan fingerprint density at radius 1 is 1.07 bits per heavy atom. The van der Waals surface area contributed by atoms with Crippen LogP contribution in [0.4, 0.5) is 0 Å². The van der Waals surface area contributed by atoms with E-state index in [2.05, 4.69) is 62.6 Å². The first kappa shape index (κ1) is 23.7. The Balaban J connectivity index is 1.82. The highest BCUT2D eigenvalue weighted by Crippen LogP contribution is 2.22. The van der Waals surface area contributed by atoms with Gasteiger partial charge in [0.25, 0.3) is 5.91 Å². The molecule has 1 aromatic rings. The van der Waals surface area contributed by atoms with E-state index in [9.17, 15) is 9.59 Å². The molecule has 1 fully saturated rings. The molecule has 0 aromatic carbocycles. The SMILES string of the molecule is CC(C)(C)NC1CCC(NC(=O)CNC(=O)c2nc(C(C)(C)C)ncc2Br)CC1. The average molecular weight is 468 g/mol. The zero-order valence-corrected chi connectivity index (χ0v) is 19.9. The van der Waals surface area contributed by atoms with E-state index in [4.69, 9.17) is 0 Å². The molecule has 1 heterocycles. The van der Waals surface area contributed by atoms with Crippen molar-refractivity contribution < 1.29 is 9.59 Å². The van der Waals surface area contributed by atoms with Gasteiger partial charge in [-0.2, -0.15) is 0 Å². The molecule has 0 bridgehead atoms. The second-order valence-corrected chi connectivity index (χ2v) is 10.7. The predicted octanol–water partition coefficient (Wildman–Crippen LogP) is 3.08. The van der Waals surface area contributed by atoms with Crippen LogP contribution in [0.1, 0.15) is 83.5 Å². The van der Waals surface area contributed by atoms with Crippen LogP contribution in [0.5, 0.6) is 0 Å². The number of rotatable bonds is 5. The van der Waals surface area contributed by atoms with Crippen LogP contribution in [-0.2, 0) is 10.2 Å². The van der Waals surface area contributed by atoms with Crippen molar-refractivity contribution in [3.63, 3.8) is 0 Å². The third-order valence-electron chi connectivity index (χ3n) is 4.77. The molecule has 162 valence electrons. The first-order chi connectivity index (χ1) is 13.3. The molecule has 8 heteroatoms. The molecule has 1 aliphatic rings. The number of hydrogen-bond acceptors (Lipinski definition) is 5. The summed E-state index contributed by atoms with van der Waals surface area (Å²) in [4.78, 5) is 33.4. The Hall–Kier alpha value is -1.54. The monoisotopic (exact) mass is 467 g/mol. The lowest BCUT2D eigenvalue weighted by Crippen LogP contribution is -2.49. The molecule has 1 aromatic heterocycles. The van der Waals surface area contributed by atoms with Gasteiger partial charge in [0.15, 0.2) is 0 Å². The molecule has 2 amide bonds. The summed E-state index contributed by atoms with van der Waals surface area (Å²) < 4.78 is 0.507. The molecular weight excluding hydrogens is 434 g/mol. The second kappa shape index (κ2) is 9.51. The van der Waals surface area contributed by atoms with Crippen LogP contribution in [0.15, 0.2) is 10.7 Å². The highest BCUT2D eigenvalue weighted by molar-refractivity contribution is 9.10. The largest absolute Gasteiger partial charge is 0.352 e. The average Bonchev–Trinajstić information content (AvgIpc) is 2.59. The van der Waals surface area contributed by atoms with E-state index in [1.807, 2.05) is 20.8 Å². The minimum atomic E-state index is -0.391. The number of hydrogen-bond donors (Lipinski definition) is 3. The number of halogens is 1. The number of nitrogens with zero attached hydrogens (tertiary/aromatic N) is 2. The van der Waals surface area contributed by atoms with E-state index >= 15 is 0 Å². The van der Waals surface area contributed by atoms with Crippen LogP contribution >= 0.6 is 15.9 Å². The van der Waals surface area contributed by atoms with Crippen LogP contribution in [0.25, 0.3) is 0 Å². The summed E-state index contributed by atoms with van der Waals surface area (Å²) in [6, 6.07) is 0.658. The number of carbonyl (C=O) groups is 2. The molecule has 1 aliphatic carbocycles. The molecule has 0 unspecified atom stereocenters. The van der Waals surface area contributed by atoms with E-state index < -0.39 is 5.91 Å². The fraction of sp³-hybridized carbons (Fsp3) is 0.714. The third kappa shape index (κ3) is 7.66. The van der Waals surface area contributed by atoms with Gasteiger partial charge >= 0.3 is 0 Å². The molecule has 0 aliphatic heterocycles. The lowest BCUT2D eigenvalue weighted by molar-refractivity contribution is -0.121. The van der Waals surface area contributed by atoms with E-state index in [0.717, 1.165) is 25.7 Å². The van der Waals surface area contributed by atoms with Gasteiger partial charge in [0.05, 0.1) is 11.0 Å². The Morgan fingerprint density at radius 2 is 1.66 bits per heavy atom. The van der Waals surface area contributed by atoms with E-state index in [0.29, 0.717) is 16.3 Å². The minimum Gasteiger partial charge on any atom is -0.352 e. The summed E-state index contributed by atoms with van der Waals surface area (Å²) in [6.45, 7) is 12.4. The maximum Gasteiger partial charge on any atom is 0.271 e. The van der Waals surface area contributed by atoms with Gasteiger partial charge in [0.1, 0.15) is 11.5 Å². The summed E-state index contributed by atoms with van der Waals surface area (Å²) in [5, 5.41) is 9.32. The van der Waals surface area contributed by atoms with Gasteiger partial charge in [0, 0.05) is 29.2 Å². The molecule has 2 rings (SSSR count). The third-order valence-corrected chi connectivity index (χ3v) is 5.35. The molecule has 0 spiro atoms. The van der Waals surface area contributed by atoms with Crippen LogP contribution in [-0.4, -0.2) is 45.9 Å². The zero-order chi connectivity index (χ0) is 21.8. The van der Waals surface area contributed by atoms with Gasteiger partial charge < -0.3 is 16.0 Å². The molecule has 7 nitrogen and oxygen atoms in total. The molecular formula is C21H34BrN5O2. The van der Waals surface area contributed by atoms with Crippen molar-refractivity contribution >= 4 is 27.7 Å². The number of amides is 2. The maximum absolute atomic E-state index is 12.5. The van der Waals surface area contributed by atoms with Gasteiger partial charge in [-0.1, -0.05) is 20.8 Å². The molecule has 1 saturated carbocycles. The van der Waals surface area contributed by atoms with Gasteiger partial charge in [0.2, 0.25) is 5.91 Å². The summed E-state index contributed by atoms with van der Waals surface area (Å²) in [6.07, 6.45) is 5.54. The Morgan fingerprint density at radius 3 is 2.21 bits per heavy atom. The normalized spacial score (nSPS) is 20.2. The molecule has 0 radical (unpaired) electrons. The topological polar surface area (TPSA) is 96.0 Å².